The molecule has 0 radical (unpaired) electrons. The van der Waals surface area contributed by atoms with Crippen LogP contribution in [0.1, 0.15) is 32.1 Å². The maximum Gasteiger partial charge on any atom is 0.220 e. The van der Waals surface area contributed by atoms with Crippen LogP contribution in [-0.2, 0) is 4.79 Å². The fraction of sp³-hybridized carbons (Fsp3) is 0.923. The Balaban J connectivity index is 2.01. The van der Waals surface area contributed by atoms with Gasteiger partial charge in [-0.05, 0) is 42.6 Å². The Morgan fingerprint density at radius 2 is 2.17 bits per heavy atom. The van der Waals surface area contributed by atoms with Crippen molar-refractivity contribution in [2.45, 2.75) is 32.1 Å². The zero-order valence-electron chi connectivity index (χ0n) is 10.9. The number of hydrogen-bond donors (Lipinski definition) is 3. The Bertz CT molecular complexity index is 239. The molecule has 2 N–H and O–H groups in total. The maximum absolute atomic E-state index is 11.3. The van der Waals surface area contributed by atoms with E-state index in [1.54, 1.807) is 0 Å². The molecule has 0 saturated heterocycles. The quantitative estimate of drug-likeness (QED) is 0.473. The van der Waals surface area contributed by atoms with Gasteiger partial charge in [-0.25, -0.2) is 0 Å². The highest BCUT2D eigenvalue weighted by atomic mass is 32.2. The van der Waals surface area contributed by atoms with Crippen molar-refractivity contribution >= 4 is 30.3 Å². The second-order valence-electron chi connectivity index (χ2n) is 4.98. The molecule has 2 unspecified atom stereocenters. The summed E-state index contributed by atoms with van der Waals surface area (Å²) in [6, 6.07) is 0. The first-order valence-corrected chi connectivity index (χ1v) is 8.61. The van der Waals surface area contributed by atoms with Gasteiger partial charge in [-0.1, -0.05) is 6.42 Å². The summed E-state index contributed by atoms with van der Waals surface area (Å²) < 4.78 is 0. The van der Waals surface area contributed by atoms with E-state index in [0.717, 1.165) is 23.3 Å². The van der Waals surface area contributed by atoms with Crippen LogP contribution >= 0.6 is 24.4 Å². The van der Waals surface area contributed by atoms with Gasteiger partial charge in [-0.15, -0.1) is 0 Å². The van der Waals surface area contributed by atoms with Gasteiger partial charge in [0.15, 0.2) is 0 Å². The number of aliphatic hydroxyl groups excluding tert-OH is 1. The zero-order chi connectivity index (χ0) is 13.2. The highest BCUT2D eigenvalue weighted by Gasteiger charge is 2.20. The number of carbonyl (C=O) groups excluding carboxylic acids is 1. The minimum atomic E-state index is 0.0199. The Morgan fingerprint density at radius 3 is 2.89 bits per heavy atom. The molecule has 1 rings (SSSR count). The third-order valence-corrected chi connectivity index (χ3v) is 5.13. The predicted molar refractivity (Wildman–Crippen MR) is 81.3 cm³/mol. The molecular formula is C13H25NO2S2. The van der Waals surface area contributed by atoms with Crippen LogP contribution in [-0.4, -0.2) is 41.4 Å². The number of amides is 1. The Kier molecular flexibility index (Phi) is 8.98. The van der Waals surface area contributed by atoms with Gasteiger partial charge in [0.05, 0.1) is 6.61 Å². The van der Waals surface area contributed by atoms with Crippen LogP contribution in [0.15, 0.2) is 0 Å². The molecule has 1 fully saturated rings. The second-order valence-corrected chi connectivity index (χ2v) is 6.49. The van der Waals surface area contributed by atoms with E-state index in [-0.39, 0.29) is 12.5 Å². The van der Waals surface area contributed by atoms with Gasteiger partial charge in [0.2, 0.25) is 5.91 Å². The van der Waals surface area contributed by atoms with E-state index in [2.05, 4.69) is 17.9 Å². The lowest BCUT2D eigenvalue weighted by atomic mass is 9.83. The molecule has 0 aromatic carbocycles. The molecule has 18 heavy (non-hydrogen) atoms. The van der Waals surface area contributed by atoms with Gasteiger partial charge in [-0.2, -0.15) is 24.4 Å². The van der Waals surface area contributed by atoms with Crippen LogP contribution in [0.25, 0.3) is 0 Å². The molecule has 1 saturated carbocycles. The number of aliphatic hydroxyl groups is 1. The number of thiol groups is 1. The van der Waals surface area contributed by atoms with Crippen molar-refractivity contribution in [1.82, 2.24) is 5.32 Å². The van der Waals surface area contributed by atoms with Crippen LogP contribution in [0, 0.1) is 11.8 Å². The lowest BCUT2D eigenvalue weighted by Crippen LogP contribution is -2.26. The summed E-state index contributed by atoms with van der Waals surface area (Å²) in [5.74, 6) is 4.76. The van der Waals surface area contributed by atoms with Gasteiger partial charge in [0.1, 0.15) is 0 Å². The van der Waals surface area contributed by atoms with E-state index >= 15 is 0 Å². The van der Waals surface area contributed by atoms with Gasteiger partial charge < -0.3 is 10.4 Å². The molecule has 5 heteroatoms. The zero-order valence-corrected chi connectivity index (χ0v) is 12.6. The van der Waals surface area contributed by atoms with Crippen LogP contribution in [0.4, 0.5) is 0 Å². The van der Waals surface area contributed by atoms with Crippen LogP contribution in [0.5, 0.6) is 0 Å². The summed E-state index contributed by atoms with van der Waals surface area (Å²) in [7, 11) is 0. The smallest absolute Gasteiger partial charge is 0.220 e. The van der Waals surface area contributed by atoms with Crippen molar-refractivity contribution in [2.24, 2.45) is 11.8 Å². The highest BCUT2D eigenvalue weighted by Crippen LogP contribution is 2.31. The SMILES string of the molecule is O=C(CCSCC1CCCC(CS)C1)NCCO. The van der Waals surface area contributed by atoms with Crippen LogP contribution in [0.3, 0.4) is 0 Å². The first kappa shape index (κ1) is 16.2. The minimum Gasteiger partial charge on any atom is -0.395 e. The molecule has 0 aliphatic heterocycles. The van der Waals surface area contributed by atoms with Crippen LogP contribution in [0.2, 0.25) is 0 Å². The number of thioether (sulfide) groups is 1. The van der Waals surface area contributed by atoms with E-state index in [0.29, 0.717) is 13.0 Å². The predicted octanol–water partition coefficient (Wildman–Crippen LogP) is 1.95. The minimum absolute atomic E-state index is 0.0199. The van der Waals surface area contributed by atoms with Crippen molar-refractivity contribution in [3.05, 3.63) is 0 Å². The van der Waals surface area contributed by atoms with Gasteiger partial charge in [0, 0.05) is 18.7 Å². The van der Waals surface area contributed by atoms with Gasteiger partial charge in [0.25, 0.3) is 0 Å². The Hall–Kier alpha value is 0.130. The lowest BCUT2D eigenvalue weighted by molar-refractivity contribution is -0.120. The Morgan fingerprint density at radius 1 is 1.39 bits per heavy atom. The van der Waals surface area contributed by atoms with E-state index in [4.69, 9.17) is 5.11 Å². The standard InChI is InChI=1S/C13H25NO2S2/c15-6-5-14-13(16)4-7-18-10-12-3-1-2-11(8-12)9-17/h11-12,15,17H,1-10H2,(H,14,16). The fourth-order valence-corrected chi connectivity index (χ4v) is 3.88. The van der Waals surface area contributed by atoms with E-state index in [1.165, 1.54) is 31.4 Å². The van der Waals surface area contributed by atoms with E-state index in [9.17, 15) is 4.79 Å². The molecule has 3 nitrogen and oxygen atoms in total. The normalized spacial score (nSPS) is 23.9. The lowest BCUT2D eigenvalue weighted by Gasteiger charge is -2.27. The van der Waals surface area contributed by atoms with Crippen molar-refractivity contribution in [3.8, 4) is 0 Å². The number of nitrogens with one attached hydrogen (secondary N) is 1. The summed E-state index contributed by atoms with van der Waals surface area (Å²) >= 11 is 6.28. The third-order valence-electron chi connectivity index (χ3n) is 3.41. The highest BCUT2D eigenvalue weighted by molar-refractivity contribution is 7.99. The first-order valence-electron chi connectivity index (χ1n) is 6.82. The number of carbonyl (C=O) groups is 1. The fourth-order valence-electron chi connectivity index (χ4n) is 2.42. The molecule has 1 aliphatic rings. The summed E-state index contributed by atoms with van der Waals surface area (Å²) in [5.41, 5.74) is 0. The molecule has 0 spiro atoms. The molecule has 0 aromatic rings. The average molecular weight is 291 g/mol. The van der Waals surface area contributed by atoms with E-state index in [1.807, 2.05) is 11.8 Å². The molecule has 1 amide bonds. The Labute approximate surface area is 120 Å². The summed E-state index contributed by atoms with van der Waals surface area (Å²) in [6.45, 7) is 0.391. The van der Waals surface area contributed by atoms with Gasteiger partial charge >= 0.3 is 0 Å². The monoisotopic (exact) mass is 291 g/mol. The summed E-state index contributed by atoms with van der Waals surface area (Å²) in [5, 5.41) is 11.3. The number of rotatable bonds is 8. The second kappa shape index (κ2) is 9.98. The molecule has 106 valence electrons. The van der Waals surface area contributed by atoms with E-state index < -0.39 is 0 Å². The largest absolute Gasteiger partial charge is 0.395 e. The summed E-state index contributed by atoms with van der Waals surface area (Å²) in [6.07, 6.45) is 5.90. The summed E-state index contributed by atoms with van der Waals surface area (Å²) in [4.78, 5) is 11.3. The third kappa shape index (κ3) is 6.90. The van der Waals surface area contributed by atoms with Gasteiger partial charge in [-0.3, -0.25) is 4.79 Å². The molecule has 0 bridgehead atoms. The van der Waals surface area contributed by atoms with Crippen molar-refractivity contribution < 1.29 is 9.90 Å². The maximum atomic E-state index is 11.3. The first-order chi connectivity index (χ1) is 8.76. The van der Waals surface area contributed by atoms with Crippen molar-refractivity contribution in [3.63, 3.8) is 0 Å². The molecule has 0 heterocycles. The van der Waals surface area contributed by atoms with Crippen molar-refractivity contribution in [2.75, 3.05) is 30.4 Å². The topological polar surface area (TPSA) is 49.3 Å². The van der Waals surface area contributed by atoms with Crippen LogP contribution < -0.4 is 5.32 Å². The molecule has 0 aromatic heterocycles. The molecule has 2 atom stereocenters. The van der Waals surface area contributed by atoms with Crippen molar-refractivity contribution in [1.29, 1.82) is 0 Å². The number of hydrogen-bond acceptors (Lipinski definition) is 4. The average Bonchev–Trinajstić information content (AvgIpc) is 2.41. The molecular weight excluding hydrogens is 266 g/mol. The molecule has 1 aliphatic carbocycles.